The van der Waals surface area contributed by atoms with Crippen LogP contribution in [0.1, 0.15) is 15.9 Å². The van der Waals surface area contributed by atoms with Gasteiger partial charge in [0.15, 0.2) is 0 Å². The first-order chi connectivity index (χ1) is 9.08. The normalized spacial score (nSPS) is 9.95. The molecule has 0 aliphatic heterocycles. The Labute approximate surface area is 111 Å². The van der Waals surface area contributed by atoms with Crippen molar-refractivity contribution in [2.75, 3.05) is 20.7 Å². The van der Waals surface area contributed by atoms with Gasteiger partial charge in [-0.1, -0.05) is 12.1 Å². The zero-order valence-corrected chi connectivity index (χ0v) is 10.8. The Balaban J connectivity index is 2.70. The highest BCUT2D eigenvalue weighted by atomic mass is 16.5. The van der Waals surface area contributed by atoms with E-state index in [1.54, 1.807) is 37.4 Å². The first-order valence-electron chi connectivity index (χ1n) is 5.57. The van der Waals surface area contributed by atoms with Crippen molar-refractivity contribution in [1.82, 2.24) is 4.90 Å². The zero-order chi connectivity index (χ0) is 14.3. The van der Waals surface area contributed by atoms with Gasteiger partial charge in [-0.25, -0.2) is 4.79 Å². The summed E-state index contributed by atoms with van der Waals surface area (Å²) in [7, 11) is 2.87. The summed E-state index contributed by atoms with van der Waals surface area (Å²) in [6.07, 6.45) is 3.00. The number of methoxy groups -OCH3 is 1. The monoisotopic (exact) mass is 258 g/mol. The highest BCUT2D eigenvalue weighted by Crippen LogP contribution is 2.07. The van der Waals surface area contributed by atoms with E-state index >= 15 is 0 Å². The van der Waals surface area contributed by atoms with Gasteiger partial charge in [-0.2, -0.15) is 5.26 Å². The number of benzene rings is 1. The molecule has 19 heavy (non-hydrogen) atoms. The molecule has 0 N–H and O–H groups in total. The summed E-state index contributed by atoms with van der Waals surface area (Å²) < 4.78 is 4.58. The van der Waals surface area contributed by atoms with Crippen molar-refractivity contribution in [2.45, 2.75) is 0 Å². The minimum atomic E-state index is -0.402. The first kappa shape index (κ1) is 14.5. The fraction of sp³-hybridized carbons (Fsp3) is 0.214. The summed E-state index contributed by atoms with van der Waals surface area (Å²) >= 11 is 0. The Bertz CT molecular complexity index is 527. The zero-order valence-electron chi connectivity index (χ0n) is 10.8. The van der Waals surface area contributed by atoms with Crippen molar-refractivity contribution < 1.29 is 14.3 Å². The predicted molar refractivity (Wildman–Crippen MR) is 70.1 cm³/mol. The molecule has 5 nitrogen and oxygen atoms in total. The van der Waals surface area contributed by atoms with Crippen molar-refractivity contribution in [3.05, 3.63) is 41.5 Å². The molecule has 0 aromatic heterocycles. The summed E-state index contributed by atoms with van der Waals surface area (Å²) in [5.41, 5.74) is 1.24. The van der Waals surface area contributed by atoms with E-state index in [9.17, 15) is 9.59 Å². The molecule has 1 aromatic carbocycles. The molecule has 0 unspecified atom stereocenters. The molecule has 0 saturated heterocycles. The van der Waals surface area contributed by atoms with E-state index in [0.29, 0.717) is 5.56 Å². The Morgan fingerprint density at radius 1 is 1.37 bits per heavy atom. The van der Waals surface area contributed by atoms with Crippen molar-refractivity contribution in [3.8, 4) is 6.07 Å². The maximum atomic E-state index is 11.5. The molecular formula is C14H14N2O3. The van der Waals surface area contributed by atoms with Crippen molar-refractivity contribution in [2.24, 2.45) is 0 Å². The molecule has 1 aromatic rings. The average Bonchev–Trinajstić information content (AvgIpc) is 2.44. The van der Waals surface area contributed by atoms with Crippen molar-refractivity contribution >= 4 is 18.0 Å². The standard InChI is InChI=1S/C14H14N2O3/c1-16(10-9-15)13(17)8-5-11-3-6-12(7-4-11)14(18)19-2/h3-8H,10H2,1-2H3. The van der Waals surface area contributed by atoms with Crippen LogP contribution < -0.4 is 0 Å². The molecule has 1 amide bonds. The lowest BCUT2D eigenvalue weighted by Gasteiger charge is -2.08. The SMILES string of the molecule is COC(=O)c1ccc(C=CC(=O)N(C)CC#N)cc1. The van der Waals surface area contributed by atoms with Crippen LogP contribution in [0.3, 0.4) is 0 Å². The quantitative estimate of drug-likeness (QED) is 0.466. The van der Waals surface area contributed by atoms with Gasteiger partial charge in [0.05, 0.1) is 18.7 Å². The van der Waals surface area contributed by atoms with Gasteiger partial charge in [-0.3, -0.25) is 4.79 Å². The fourth-order valence-corrected chi connectivity index (χ4v) is 1.33. The number of esters is 1. The van der Waals surface area contributed by atoms with Gasteiger partial charge < -0.3 is 9.64 Å². The molecule has 0 radical (unpaired) electrons. The molecule has 0 aliphatic carbocycles. The topological polar surface area (TPSA) is 70.4 Å². The smallest absolute Gasteiger partial charge is 0.337 e. The number of rotatable bonds is 4. The maximum absolute atomic E-state index is 11.5. The lowest BCUT2D eigenvalue weighted by atomic mass is 10.1. The largest absolute Gasteiger partial charge is 0.465 e. The molecule has 0 atom stereocenters. The van der Waals surface area contributed by atoms with Crippen molar-refractivity contribution in [1.29, 1.82) is 5.26 Å². The third-order valence-corrected chi connectivity index (χ3v) is 2.43. The first-order valence-corrected chi connectivity index (χ1v) is 5.57. The molecule has 98 valence electrons. The van der Waals surface area contributed by atoms with E-state index in [0.717, 1.165) is 5.56 Å². The van der Waals surface area contributed by atoms with Gasteiger partial charge in [0, 0.05) is 13.1 Å². The third kappa shape index (κ3) is 4.28. The number of amides is 1. The summed E-state index contributed by atoms with van der Waals surface area (Å²) in [6, 6.07) is 8.55. The van der Waals surface area contributed by atoms with Crippen LogP contribution in [0.5, 0.6) is 0 Å². The average molecular weight is 258 g/mol. The number of nitriles is 1. The third-order valence-electron chi connectivity index (χ3n) is 2.43. The van der Waals surface area contributed by atoms with E-state index < -0.39 is 5.97 Å². The summed E-state index contributed by atoms with van der Waals surface area (Å²) in [5, 5.41) is 8.46. The summed E-state index contributed by atoms with van der Waals surface area (Å²) in [5.74, 6) is -0.654. The van der Waals surface area contributed by atoms with Gasteiger partial charge in [0.1, 0.15) is 6.54 Å². The lowest BCUT2D eigenvalue weighted by Crippen LogP contribution is -2.24. The lowest BCUT2D eigenvalue weighted by molar-refractivity contribution is -0.124. The van der Waals surface area contributed by atoms with Gasteiger partial charge in [-0.05, 0) is 23.8 Å². The Morgan fingerprint density at radius 2 is 2.00 bits per heavy atom. The molecule has 0 bridgehead atoms. The molecule has 0 fully saturated rings. The van der Waals surface area contributed by atoms with Crippen LogP contribution in [-0.4, -0.2) is 37.5 Å². The highest BCUT2D eigenvalue weighted by molar-refractivity contribution is 5.92. The van der Waals surface area contributed by atoms with Crippen LogP contribution in [0.2, 0.25) is 0 Å². The summed E-state index contributed by atoms with van der Waals surface area (Å²) in [6.45, 7) is 0.0461. The van der Waals surface area contributed by atoms with E-state index in [2.05, 4.69) is 4.74 Å². The van der Waals surface area contributed by atoms with E-state index in [4.69, 9.17) is 5.26 Å². The van der Waals surface area contributed by atoms with E-state index in [1.807, 2.05) is 6.07 Å². The minimum absolute atomic E-state index is 0.0461. The molecule has 0 spiro atoms. The molecule has 0 aliphatic rings. The molecule has 1 rings (SSSR count). The number of likely N-dealkylation sites (N-methyl/N-ethyl adjacent to an activating group) is 1. The Morgan fingerprint density at radius 3 is 2.53 bits per heavy atom. The molecule has 0 heterocycles. The number of carbonyl (C=O) groups excluding carboxylic acids is 2. The van der Waals surface area contributed by atoms with Gasteiger partial charge in [0.2, 0.25) is 5.91 Å². The Kier molecular flexibility index (Phi) is 5.30. The molecular weight excluding hydrogens is 244 g/mol. The number of nitrogens with zero attached hydrogens (tertiary/aromatic N) is 2. The van der Waals surface area contributed by atoms with E-state index in [-0.39, 0.29) is 12.5 Å². The number of hydrogen-bond acceptors (Lipinski definition) is 4. The summed E-state index contributed by atoms with van der Waals surface area (Å²) in [4.78, 5) is 24.1. The van der Waals surface area contributed by atoms with Crippen LogP contribution in [0.4, 0.5) is 0 Å². The van der Waals surface area contributed by atoms with Crippen molar-refractivity contribution in [3.63, 3.8) is 0 Å². The van der Waals surface area contributed by atoms with Gasteiger partial charge in [0.25, 0.3) is 0 Å². The van der Waals surface area contributed by atoms with Crippen LogP contribution >= 0.6 is 0 Å². The second-order valence-electron chi connectivity index (χ2n) is 3.80. The predicted octanol–water partition coefficient (Wildman–Crippen LogP) is 1.47. The number of hydrogen-bond donors (Lipinski definition) is 0. The molecule has 5 heteroatoms. The number of carbonyl (C=O) groups is 2. The minimum Gasteiger partial charge on any atom is -0.465 e. The maximum Gasteiger partial charge on any atom is 0.337 e. The van der Waals surface area contributed by atoms with E-state index in [1.165, 1.54) is 18.1 Å². The molecule has 0 saturated carbocycles. The fourth-order valence-electron chi connectivity index (χ4n) is 1.33. The van der Waals surface area contributed by atoms with Crippen LogP contribution in [0.15, 0.2) is 30.3 Å². The Hall–Kier alpha value is -2.61. The van der Waals surface area contributed by atoms with Crippen LogP contribution in [-0.2, 0) is 9.53 Å². The second kappa shape index (κ2) is 6.97. The van der Waals surface area contributed by atoms with Gasteiger partial charge in [-0.15, -0.1) is 0 Å². The highest BCUT2D eigenvalue weighted by Gasteiger charge is 2.04. The number of ether oxygens (including phenoxy) is 1. The second-order valence-corrected chi connectivity index (χ2v) is 3.80. The van der Waals surface area contributed by atoms with Gasteiger partial charge >= 0.3 is 5.97 Å². The van der Waals surface area contributed by atoms with Crippen LogP contribution in [0.25, 0.3) is 6.08 Å². The van der Waals surface area contributed by atoms with Crippen LogP contribution in [0, 0.1) is 11.3 Å².